The molecule has 2 rings (SSSR count). The van der Waals surface area contributed by atoms with Crippen LogP contribution in [0.4, 0.5) is 8.78 Å². The van der Waals surface area contributed by atoms with Gasteiger partial charge in [-0.05, 0) is 34.0 Å². The Bertz CT molecular complexity index is 778. The van der Waals surface area contributed by atoms with E-state index in [1.54, 1.807) is 4.68 Å². The van der Waals surface area contributed by atoms with Crippen LogP contribution in [0, 0.1) is 11.6 Å². The zero-order chi connectivity index (χ0) is 20.0. The summed E-state index contributed by atoms with van der Waals surface area (Å²) in [4.78, 5) is 6.73. The molecule has 0 aliphatic rings. The predicted octanol–water partition coefficient (Wildman–Crippen LogP) is 3.24. The molecule has 0 bridgehead atoms. The van der Waals surface area contributed by atoms with Crippen LogP contribution in [0.1, 0.15) is 37.1 Å². The largest absolute Gasteiger partial charge is 0.357 e. The fourth-order valence-electron chi connectivity index (χ4n) is 2.81. The number of aromatic nitrogens is 2. The van der Waals surface area contributed by atoms with E-state index in [9.17, 15) is 8.78 Å². The van der Waals surface area contributed by atoms with Crippen LogP contribution in [0.15, 0.2) is 35.6 Å². The molecule has 0 saturated heterocycles. The molecular weight excluding hydrogens is 477 g/mol. The normalized spacial score (nSPS) is 13.8. The van der Waals surface area contributed by atoms with Crippen molar-refractivity contribution in [1.82, 2.24) is 25.3 Å². The van der Waals surface area contributed by atoms with Crippen LogP contribution in [0.3, 0.4) is 0 Å². The molecule has 0 fully saturated rings. The quantitative estimate of drug-likeness (QED) is 0.344. The van der Waals surface area contributed by atoms with Crippen molar-refractivity contribution in [3.63, 3.8) is 0 Å². The third kappa shape index (κ3) is 6.69. The van der Waals surface area contributed by atoms with Gasteiger partial charge >= 0.3 is 0 Å². The Balaban J connectivity index is 0.00000392. The highest BCUT2D eigenvalue weighted by Crippen LogP contribution is 2.19. The zero-order valence-corrected chi connectivity index (χ0v) is 19.2. The fraction of sp³-hybridized carbons (Fsp3) is 0.474. The summed E-state index contributed by atoms with van der Waals surface area (Å²) in [5, 5.41) is 10.6. The molecule has 0 spiro atoms. The summed E-state index contributed by atoms with van der Waals surface area (Å²) in [5.74, 6) is -0.592. The molecule has 0 radical (unpaired) electrons. The van der Waals surface area contributed by atoms with E-state index in [0.29, 0.717) is 24.6 Å². The van der Waals surface area contributed by atoms with E-state index in [-0.39, 0.29) is 36.1 Å². The van der Waals surface area contributed by atoms with Crippen molar-refractivity contribution in [2.45, 2.75) is 25.9 Å². The first-order valence-electron chi connectivity index (χ1n) is 8.96. The summed E-state index contributed by atoms with van der Waals surface area (Å²) in [7, 11) is 5.86. The van der Waals surface area contributed by atoms with Gasteiger partial charge in [0, 0.05) is 37.0 Å². The van der Waals surface area contributed by atoms with Gasteiger partial charge in [-0.25, -0.2) is 8.78 Å². The lowest BCUT2D eigenvalue weighted by Gasteiger charge is -2.23. The maximum Gasteiger partial charge on any atom is 0.191 e. The van der Waals surface area contributed by atoms with Crippen molar-refractivity contribution < 1.29 is 8.78 Å². The van der Waals surface area contributed by atoms with E-state index in [1.807, 2.05) is 47.4 Å². The molecule has 2 atom stereocenters. The van der Waals surface area contributed by atoms with Gasteiger partial charge in [-0.15, -0.1) is 24.0 Å². The number of benzene rings is 1. The second-order valence-electron chi connectivity index (χ2n) is 6.68. The van der Waals surface area contributed by atoms with Gasteiger partial charge in [0.05, 0.1) is 24.8 Å². The van der Waals surface area contributed by atoms with E-state index in [1.165, 1.54) is 12.1 Å². The maximum absolute atomic E-state index is 14.0. The van der Waals surface area contributed by atoms with Crippen molar-refractivity contribution >= 4 is 29.9 Å². The van der Waals surface area contributed by atoms with Gasteiger partial charge in [-0.1, -0.05) is 6.07 Å². The molecule has 0 amide bonds. The third-order valence-corrected chi connectivity index (χ3v) is 4.28. The second-order valence-corrected chi connectivity index (χ2v) is 6.68. The van der Waals surface area contributed by atoms with Crippen molar-refractivity contribution in [1.29, 1.82) is 0 Å². The van der Waals surface area contributed by atoms with E-state index in [4.69, 9.17) is 0 Å². The standard InChI is InChI=1S/C19H28F2N6.HI/c1-6-22-19(25-13(2)16-8-7-15(20)9-17(16)21)23-11-18(26(3)4)14-10-24-27(5)12-14;/h7-10,12-13,18H,6,11H2,1-5H3,(H2,22,23,25);1H. The molecule has 2 aromatic rings. The number of rotatable bonds is 7. The second kappa shape index (κ2) is 11.3. The highest BCUT2D eigenvalue weighted by atomic mass is 127. The van der Waals surface area contributed by atoms with Crippen molar-refractivity contribution in [3.8, 4) is 0 Å². The first kappa shape index (κ1) is 24.3. The minimum atomic E-state index is -0.589. The number of nitrogens with one attached hydrogen (secondary N) is 2. The first-order valence-corrected chi connectivity index (χ1v) is 8.96. The molecule has 2 unspecified atom stereocenters. The van der Waals surface area contributed by atoms with Crippen LogP contribution >= 0.6 is 24.0 Å². The number of hydrogen-bond donors (Lipinski definition) is 2. The molecule has 2 N–H and O–H groups in total. The highest BCUT2D eigenvalue weighted by molar-refractivity contribution is 14.0. The van der Waals surface area contributed by atoms with Crippen molar-refractivity contribution in [2.75, 3.05) is 27.2 Å². The Morgan fingerprint density at radius 3 is 2.57 bits per heavy atom. The lowest BCUT2D eigenvalue weighted by atomic mass is 10.1. The van der Waals surface area contributed by atoms with E-state index < -0.39 is 11.6 Å². The lowest BCUT2D eigenvalue weighted by Crippen LogP contribution is -2.39. The average molecular weight is 506 g/mol. The first-order chi connectivity index (χ1) is 12.8. The molecule has 28 heavy (non-hydrogen) atoms. The smallest absolute Gasteiger partial charge is 0.191 e. The summed E-state index contributed by atoms with van der Waals surface area (Å²) < 4.78 is 28.9. The summed E-state index contributed by atoms with van der Waals surface area (Å²) in [6.07, 6.45) is 3.80. The Hall–Kier alpha value is -1.75. The SMILES string of the molecule is CCNC(=NCC(c1cnn(C)c1)N(C)C)NC(C)c1ccc(F)cc1F.I. The Morgan fingerprint density at radius 2 is 2.04 bits per heavy atom. The molecule has 9 heteroatoms. The summed E-state index contributed by atoms with van der Waals surface area (Å²) in [6.45, 7) is 4.95. The van der Waals surface area contributed by atoms with Crippen molar-refractivity contribution in [2.24, 2.45) is 12.0 Å². The molecular formula is C19H29F2IN6. The molecule has 1 aromatic heterocycles. The van der Waals surface area contributed by atoms with Crippen LogP contribution in [0.5, 0.6) is 0 Å². The highest BCUT2D eigenvalue weighted by Gasteiger charge is 2.17. The molecule has 1 heterocycles. The zero-order valence-electron chi connectivity index (χ0n) is 16.9. The molecule has 6 nitrogen and oxygen atoms in total. The van der Waals surface area contributed by atoms with Crippen molar-refractivity contribution in [3.05, 3.63) is 53.4 Å². The lowest BCUT2D eigenvalue weighted by molar-refractivity contribution is 0.306. The average Bonchev–Trinajstić information content (AvgIpc) is 3.00. The van der Waals surface area contributed by atoms with E-state index >= 15 is 0 Å². The van der Waals surface area contributed by atoms with Gasteiger partial charge in [-0.3, -0.25) is 9.67 Å². The van der Waals surface area contributed by atoms with Gasteiger partial charge < -0.3 is 15.5 Å². The number of likely N-dealkylation sites (N-methyl/N-ethyl adjacent to an activating group) is 1. The molecule has 0 aliphatic carbocycles. The van der Waals surface area contributed by atoms with Gasteiger partial charge in [-0.2, -0.15) is 5.10 Å². The predicted molar refractivity (Wildman–Crippen MR) is 119 cm³/mol. The van der Waals surface area contributed by atoms with Crippen LogP contribution in [0.2, 0.25) is 0 Å². The summed E-state index contributed by atoms with van der Waals surface area (Å²) in [6, 6.07) is 3.30. The molecule has 0 saturated carbocycles. The summed E-state index contributed by atoms with van der Waals surface area (Å²) >= 11 is 0. The maximum atomic E-state index is 14.0. The van der Waals surface area contributed by atoms with E-state index in [2.05, 4.69) is 25.6 Å². The van der Waals surface area contributed by atoms with Gasteiger partial charge in [0.15, 0.2) is 5.96 Å². The monoisotopic (exact) mass is 506 g/mol. The summed E-state index contributed by atoms with van der Waals surface area (Å²) in [5.41, 5.74) is 1.46. The van der Waals surface area contributed by atoms with Gasteiger partial charge in [0.1, 0.15) is 11.6 Å². The van der Waals surface area contributed by atoms with Gasteiger partial charge in [0.25, 0.3) is 0 Å². The molecule has 1 aromatic carbocycles. The number of guanidine groups is 1. The number of aliphatic imine (C=N–C) groups is 1. The minimum Gasteiger partial charge on any atom is -0.357 e. The van der Waals surface area contributed by atoms with E-state index in [0.717, 1.165) is 11.6 Å². The Labute approximate surface area is 182 Å². The van der Waals surface area contributed by atoms with Crippen LogP contribution in [-0.4, -0.2) is 47.8 Å². The minimum absolute atomic E-state index is 0. The number of aryl methyl sites for hydroxylation is 1. The molecule has 156 valence electrons. The number of halogens is 3. The van der Waals surface area contributed by atoms with Crippen LogP contribution < -0.4 is 10.6 Å². The van der Waals surface area contributed by atoms with Crippen LogP contribution in [-0.2, 0) is 7.05 Å². The third-order valence-electron chi connectivity index (χ3n) is 4.28. The topological polar surface area (TPSA) is 57.5 Å². The fourth-order valence-corrected chi connectivity index (χ4v) is 2.81. The number of hydrogen-bond acceptors (Lipinski definition) is 3. The molecule has 0 aliphatic heterocycles. The van der Waals surface area contributed by atoms with Crippen LogP contribution in [0.25, 0.3) is 0 Å². The Morgan fingerprint density at radius 1 is 1.32 bits per heavy atom. The Kier molecular flexibility index (Phi) is 9.80. The number of nitrogens with zero attached hydrogens (tertiary/aromatic N) is 4. The van der Waals surface area contributed by atoms with Gasteiger partial charge in [0.2, 0.25) is 0 Å².